The second kappa shape index (κ2) is 16.4. The Kier molecular flexibility index (Phi) is 12.7. The lowest BCUT2D eigenvalue weighted by Crippen LogP contribution is -2.41. The third-order valence-corrected chi connectivity index (χ3v) is 6.12. The van der Waals surface area contributed by atoms with Crippen LogP contribution in [0.3, 0.4) is 0 Å². The monoisotopic (exact) mass is 637 g/mol. The fourth-order valence-corrected chi connectivity index (χ4v) is 3.92. The van der Waals surface area contributed by atoms with Gasteiger partial charge in [-0.25, -0.2) is 9.97 Å². The molecule has 0 spiro atoms. The Balaban J connectivity index is 1.56. The summed E-state index contributed by atoms with van der Waals surface area (Å²) in [5, 5.41) is 5.43. The summed E-state index contributed by atoms with van der Waals surface area (Å²) in [6.45, 7) is 3.31. The van der Waals surface area contributed by atoms with E-state index < -0.39 is 36.1 Å². The molecule has 18 heteroatoms. The molecular formula is C27H34F3N9O6. The molecule has 45 heavy (non-hydrogen) atoms. The van der Waals surface area contributed by atoms with Gasteiger partial charge >= 0.3 is 12.1 Å². The number of aromatic nitrogens is 4. The number of rotatable bonds is 16. The molecule has 0 aliphatic carbocycles. The molecule has 2 heterocycles. The zero-order valence-electron chi connectivity index (χ0n) is 24.4. The fourth-order valence-electron chi connectivity index (χ4n) is 3.92. The van der Waals surface area contributed by atoms with Gasteiger partial charge < -0.3 is 31.6 Å². The first kappa shape index (κ1) is 34.8. The molecule has 3 aromatic rings. The van der Waals surface area contributed by atoms with E-state index >= 15 is 0 Å². The summed E-state index contributed by atoms with van der Waals surface area (Å²) in [6.07, 6.45) is -3.69. The summed E-state index contributed by atoms with van der Waals surface area (Å²) in [4.78, 5) is 63.6. The molecule has 1 atom stereocenters. The van der Waals surface area contributed by atoms with Gasteiger partial charge in [-0.1, -0.05) is 0 Å². The number of aromatic amines is 1. The standard InChI is InChI=1S/C27H34F3N9O6/c1-16(2-7-20(40)33-9-11-45-13-12-44-10-8-31)35-23(41)17-3-5-19(6-4-17)39(25(43)27(28,29)30)15-18-14-34-22-21(36-18)24(42)38-26(32)37-22/h3-6,14,16H,2,7-13,15,31H2,1H3,(H,33,40)(H,35,41)(H3,32,34,37,38,42). The van der Waals surface area contributed by atoms with Crippen molar-refractivity contribution in [3.63, 3.8) is 0 Å². The van der Waals surface area contributed by atoms with Crippen LogP contribution in [0.4, 0.5) is 24.8 Å². The number of nitrogen functional groups attached to an aromatic ring is 1. The summed E-state index contributed by atoms with van der Waals surface area (Å²) in [6, 6.07) is 4.46. The molecule has 0 aliphatic heterocycles. The fraction of sp³-hybridized carbons (Fsp3) is 0.444. The Morgan fingerprint density at radius 3 is 2.42 bits per heavy atom. The van der Waals surface area contributed by atoms with Gasteiger partial charge in [0.2, 0.25) is 11.9 Å². The van der Waals surface area contributed by atoms with Crippen LogP contribution in [-0.4, -0.2) is 89.4 Å². The number of H-pyrrole nitrogens is 1. The number of anilines is 2. The van der Waals surface area contributed by atoms with E-state index in [9.17, 15) is 32.3 Å². The molecule has 0 bridgehead atoms. The molecule has 1 aromatic carbocycles. The van der Waals surface area contributed by atoms with Crippen LogP contribution in [0.5, 0.6) is 0 Å². The minimum Gasteiger partial charge on any atom is -0.378 e. The number of nitrogens with zero attached hydrogens (tertiary/aromatic N) is 4. The summed E-state index contributed by atoms with van der Waals surface area (Å²) >= 11 is 0. The highest BCUT2D eigenvalue weighted by molar-refractivity contribution is 5.98. The number of carbonyl (C=O) groups is 3. The van der Waals surface area contributed by atoms with E-state index in [1.807, 2.05) is 0 Å². The van der Waals surface area contributed by atoms with Crippen molar-refractivity contribution in [2.75, 3.05) is 50.2 Å². The van der Waals surface area contributed by atoms with E-state index in [-0.39, 0.29) is 46.4 Å². The summed E-state index contributed by atoms with van der Waals surface area (Å²) in [7, 11) is 0. The van der Waals surface area contributed by atoms with Gasteiger partial charge in [0.1, 0.15) is 0 Å². The number of fused-ring (bicyclic) bond motifs is 1. The second-order valence-electron chi connectivity index (χ2n) is 9.70. The molecule has 1 unspecified atom stereocenters. The molecular weight excluding hydrogens is 603 g/mol. The number of nitrogens with two attached hydrogens (primary N) is 2. The maximum Gasteiger partial charge on any atom is 0.471 e. The van der Waals surface area contributed by atoms with Crippen molar-refractivity contribution in [1.82, 2.24) is 30.6 Å². The van der Waals surface area contributed by atoms with Crippen molar-refractivity contribution < 1.29 is 37.0 Å². The van der Waals surface area contributed by atoms with Crippen molar-refractivity contribution in [2.45, 2.75) is 38.5 Å². The zero-order valence-corrected chi connectivity index (χ0v) is 24.4. The highest BCUT2D eigenvalue weighted by Gasteiger charge is 2.43. The molecule has 3 rings (SSSR count). The summed E-state index contributed by atoms with van der Waals surface area (Å²) in [5.74, 6) is -3.16. The third kappa shape index (κ3) is 10.8. The van der Waals surface area contributed by atoms with Crippen molar-refractivity contribution in [3.05, 3.63) is 52.1 Å². The van der Waals surface area contributed by atoms with E-state index in [0.29, 0.717) is 50.8 Å². The zero-order chi connectivity index (χ0) is 33.0. The van der Waals surface area contributed by atoms with Crippen molar-refractivity contribution >= 4 is 40.5 Å². The number of nitrogens with one attached hydrogen (secondary N) is 3. The molecule has 244 valence electrons. The second-order valence-corrected chi connectivity index (χ2v) is 9.70. The molecule has 2 aromatic heterocycles. The van der Waals surface area contributed by atoms with E-state index in [4.69, 9.17) is 20.9 Å². The molecule has 15 nitrogen and oxygen atoms in total. The number of alkyl halides is 3. The topological polar surface area (TPSA) is 221 Å². The van der Waals surface area contributed by atoms with Gasteiger partial charge in [-0.15, -0.1) is 0 Å². The number of amides is 3. The van der Waals surface area contributed by atoms with Gasteiger partial charge in [0, 0.05) is 36.8 Å². The molecule has 7 N–H and O–H groups in total. The predicted octanol–water partition coefficient (Wildman–Crippen LogP) is 0.397. The normalized spacial score (nSPS) is 12.1. The first-order valence-corrected chi connectivity index (χ1v) is 13.8. The smallest absolute Gasteiger partial charge is 0.378 e. The number of halogens is 3. The van der Waals surface area contributed by atoms with Crippen LogP contribution in [0.25, 0.3) is 11.2 Å². The highest BCUT2D eigenvalue weighted by Crippen LogP contribution is 2.26. The lowest BCUT2D eigenvalue weighted by molar-refractivity contribution is -0.170. The highest BCUT2D eigenvalue weighted by atomic mass is 19.4. The lowest BCUT2D eigenvalue weighted by Gasteiger charge is -2.24. The molecule has 3 amide bonds. The first-order valence-electron chi connectivity index (χ1n) is 13.8. The maximum absolute atomic E-state index is 13.5. The number of hydrogen-bond donors (Lipinski definition) is 5. The molecule has 0 radical (unpaired) electrons. The Hall–Kier alpha value is -4.68. The predicted molar refractivity (Wildman–Crippen MR) is 156 cm³/mol. The van der Waals surface area contributed by atoms with Gasteiger partial charge in [-0.3, -0.25) is 29.1 Å². The van der Waals surface area contributed by atoms with Gasteiger partial charge in [0.25, 0.3) is 11.5 Å². The van der Waals surface area contributed by atoms with Gasteiger partial charge in [-0.2, -0.15) is 18.2 Å². The van der Waals surface area contributed by atoms with E-state index in [1.165, 1.54) is 24.3 Å². The molecule has 0 saturated carbocycles. The van der Waals surface area contributed by atoms with Crippen LogP contribution >= 0.6 is 0 Å². The Labute approximate surface area is 254 Å². The molecule has 0 saturated heterocycles. The SMILES string of the molecule is CC(CCC(=O)NCCOCCOCCN)NC(=O)c1ccc(N(Cc2cnc3nc(N)[nH]c(=O)c3n2)C(=O)C(F)(F)F)cc1. The van der Waals surface area contributed by atoms with Gasteiger partial charge in [-0.05, 0) is 37.6 Å². The quantitative estimate of drug-likeness (QED) is 0.135. The van der Waals surface area contributed by atoms with Crippen LogP contribution in [0.15, 0.2) is 35.3 Å². The lowest BCUT2D eigenvalue weighted by atomic mass is 10.1. The van der Waals surface area contributed by atoms with Crippen molar-refractivity contribution in [3.8, 4) is 0 Å². The van der Waals surface area contributed by atoms with E-state index in [2.05, 4.69) is 30.6 Å². The van der Waals surface area contributed by atoms with Crippen LogP contribution < -0.4 is 32.6 Å². The minimum atomic E-state index is -5.23. The third-order valence-electron chi connectivity index (χ3n) is 6.12. The number of ether oxygens (including phenoxy) is 2. The Morgan fingerprint density at radius 1 is 1.07 bits per heavy atom. The molecule has 0 aliphatic rings. The average Bonchev–Trinajstić information content (AvgIpc) is 2.99. The van der Waals surface area contributed by atoms with Crippen LogP contribution in [0.2, 0.25) is 0 Å². The molecule has 0 fully saturated rings. The number of carbonyl (C=O) groups excluding carboxylic acids is 3. The maximum atomic E-state index is 13.5. The average molecular weight is 638 g/mol. The van der Waals surface area contributed by atoms with Crippen molar-refractivity contribution in [2.24, 2.45) is 5.73 Å². The largest absolute Gasteiger partial charge is 0.471 e. The Morgan fingerprint density at radius 2 is 1.76 bits per heavy atom. The summed E-state index contributed by atoms with van der Waals surface area (Å²) in [5.41, 5.74) is 9.44. The van der Waals surface area contributed by atoms with E-state index in [1.54, 1.807) is 6.92 Å². The Bertz CT molecular complexity index is 1520. The van der Waals surface area contributed by atoms with Crippen LogP contribution in [-0.2, 0) is 25.6 Å². The first-order chi connectivity index (χ1) is 21.4. The van der Waals surface area contributed by atoms with Gasteiger partial charge in [0.15, 0.2) is 11.2 Å². The van der Waals surface area contributed by atoms with E-state index in [0.717, 1.165) is 6.20 Å². The van der Waals surface area contributed by atoms with Crippen LogP contribution in [0.1, 0.15) is 35.8 Å². The van der Waals surface area contributed by atoms with Gasteiger partial charge in [0.05, 0.1) is 44.9 Å². The van der Waals surface area contributed by atoms with Crippen LogP contribution in [0, 0.1) is 0 Å². The van der Waals surface area contributed by atoms with Crippen molar-refractivity contribution in [1.29, 1.82) is 0 Å². The summed E-state index contributed by atoms with van der Waals surface area (Å²) < 4.78 is 50.9. The minimum absolute atomic E-state index is 0.114. The number of hydrogen-bond acceptors (Lipinski definition) is 11. The number of benzene rings is 1.